The van der Waals surface area contributed by atoms with Crippen LogP contribution < -0.4 is 0 Å². The van der Waals surface area contributed by atoms with E-state index < -0.39 is 23.6 Å². The van der Waals surface area contributed by atoms with E-state index in [1.807, 2.05) is 6.92 Å². The van der Waals surface area contributed by atoms with Crippen LogP contribution in [-0.2, 0) is 0 Å². The van der Waals surface area contributed by atoms with Crippen LogP contribution in [0, 0.1) is 11.7 Å². The molecule has 2 unspecified atom stereocenters. The lowest BCUT2D eigenvalue weighted by molar-refractivity contribution is -0.0921. The fourth-order valence-corrected chi connectivity index (χ4v) is 3.77. The molecule has 1 aromatic carbocycles. The van der Waals surface area contributed by atoms with E-state index in [0.29, 0.717) is 18.8 Å². The third-order valence-corrected chi connectivity index (χ3v) is 5.63. The van der Waals surface area contributed by atoms with Crippen LogP contribution in [0.3, 0.4) is 0 Å². The highest BCUT2D eigenvalue weighted by molar-refractivity contribution is 5.98. The number of halogens is 4. The molecule has 0 N–H and O–H groups in total. The standard InChI is InChI=1S/C23H26F4N6O/c1-5-7-21(30-16(4)23(25,26)27)32-13-15(3)20(32)14-31(6-2)22(34)18-12-17(24)8-9-19(18)33-28-10-11-29-33/h5,7-12,15,20H,4,6,13-14H2,1-3H3/b7-5-,30-21?. The monoisotopic (exact) mass is 478 g/mol. The summed E-state index contributed by atoms with van der Waals surface area (Å²) in [7, 11) is 0. The number of carbonyl (C=O) groups excluding carboxylic acids is 1. The Morgan fingerprint density at radius 3 is 2.56 bits per heavy atom. The summed E-state index contributed by atoms with van der Waals surface area (Å²) >= 11 is 0. The molecular weight excluding hydrogens is 452 g/mol. The predicted molar refractivity (Wildman–Crippen MR) is 120 cm³/mol. The summed E-state index contributed by atoms with van der Waals surface area (Å²) in [5.74, 6) is -0.792. The van der Waals surface area contributed by atoms with Crippen LogP contribution in [0.1, 0.15) is 31.1 Å². The summed E-state index contributed by atoms with van der Waals surface area (Å²) < 4.78 is 53.1. The minimum Gasteiger partial charge on any atom is -0.351 e. The minimum absolute atomic E-state index is 0.0874. The highest BCUT2D eigenvalue weighted by Crippen LogP contribution is 2.30. The van der Waals surface area contributed by atoms with E-state index in [-0.39, 0.29) is 29.9 Å². The summed E-state index contributed by atoms with van der Waals surface area (Å²) in [5.41, 5.74) is -0.783. The lowest BCUT2D eigenvalue weighted by Gasteiger charge is -2.49. The van der Waals surface area contributed by atoms with Crippen LogP contribution in [0.15, 0.2) is 60.0 Å². The Hall–Kier alpha value is -3.50. The lowest BCUT2D eigenvalue weighted by atomic mass is 9.89. The molecule has 1 fully saturated rings. The molecule has 0 aliphatic carbocycles. The molecule has 1 amide bonds. The molecule has 2 atom stereocenters. The number of benzene rings is 1. The molecule has 2 aromatic rings. The van der Waals surface area contributed by atoms with Crippen molar-refractivity contribution in [2.75, 3.05) is 19.6 Å². The number of aromatic nitrogens is 3. The molecule has 7 nitrogen and oxygen atoms in total. The SMILES string of the molecule is C=C(N=C(/C=C\C)N1CC(C)C1CN(CC)C(=O)c1cc(F)ccc1-n1nccn1)C(F)(F)F. The molecule has 0 bridgehead atoms. The number of amides is 1. The molecule has 0 radical (unpaired) electrons. The van der Waals surface area contributed by atoms with Crippen LogP contribution in [0.25, 0.3) is 5.69 Å². The summed E-state index contributed by atoms with van der Waals surface area (Å²) in [4.78, 5) is 21.6. The first-order valence-electron chi connectivity index (χ1n) is 10.8. The second kappa shape index (κ2) is 10.2. The molecule has 2 heterocycles. The Labute approximate surface area is 195 Å². The predicted octanol–water partition coefficient (Wildman–Crippen LogP) is 4.24. The highest BCUT2D eigenvalue weighted by Gasteiger charge is 2.40. The molecule has 0 spiro atoms. The zero-order chi connectivity index (χ0) is 25.0. The molecule has 182 valence electrons. The molecular formula is C23H26F4N6O. The second-order valence-corrected chi connectivity index (χ2v) is 7.94. The number of carbonyl (C=O) groups is 1. The van der Waals surface area contributed by atoms with Crippen molar-refractivity contribution < 1.29 is 22.4 Å². The van der Waals surface area contributed by atoms with Gasteiger partial charge in [-0.25, -0.2) is 9.38 Å². The Bertz CT molecular complexity index is 1090. The van der Waals surface area contributed by atoms with Gasteiger partial charge in [-0.3, -0.25) is 4.79 Å². The van der Waals surface area contributed by atoms with Gasteiger partial charge in [0.15, 0.2) is 0 Å². The van der Waals surface area contributed by atoms with Gasteiger partial charge in [0, 0.05) is 19.6 Å². The Morgan fingerprint density at radius 2 is 2.00 bits per heavy atom. The smallest absolute Gasteiger partial charge is 0.351 e. The maximum Gasteiger partial charge on any atom is 0.432 e. The maximum atomic E-state index is 14.0. The zero-order valence-corrected chi connectivity index (χ0v) is 19.1. The van der Waals surface area contributed by atoms with Gasteiger partial charge in [-0.2, -0.15) is 28.2 Å². The van der Waals surface area contributed by atoms with Crippen molar-refractivity contribution in [1.29, 1.82) is 0 Å². The molecule has 3 rings (SSSR count). The summed E-state index contributed by atoms with van der Waals surface area (Å²) in [6.45, 7) is 9.45. The van der Waals surface area contributed by atoms with Crippen molar-refractivity contribution in [1.82, 2.24) is 24.8 Å². The Morgan fingerprint density at radius 1 is 1.32 bits per heavy atom. The minimum atomic E-state index is -4.64. The number of alkyl halides is 3. The van der Waals surface area contributed by atoms with Crippen molar-refractivity contribution in [3.8, 4) is 5.69 Å². The van der Waals surface area contributed by atoms with Crippen molar-refractivity contribution in [3.05, 3.63) is 66.4 Å². The first-order chi connectivity index (χ1) is 16.1. The van der Waals surface area contributed by atoms with E-state index in [4.69, 9.17) is 0 Å². The number of aliphatic imine (C=N–C) groups is 1. The first-order valence-corrected chi connectivity index (χ1v) is 10.8. The average Bonchev–Trinajstić information content (AvgIpc) is 3.31. The van der Waals surface area contributed by atoms with Crippen molar-refractivity contribution in [3.63, 3.8) is 0 Å². The van der Waals surface area contributed by atoms with Gasteiger partial charge in [0.2, 0.25) is 0 Å². The fraction of sp³-hybridized carbons (Fsp3) is 0.391. The van der Waals surface area contributed by atoms with E-state index in [1.54, 1.807) is 24.8 Å². The molecule has 1 aliphatic rings. The van der Waals surface area contributed by atoms with Gasteiger partial charge in [-0.15, -0.1) is 0 Å². The van der Waals surface area contributed by atoms with E-state index in [1.165, 1.54) is 40.3 Å². The van der Waals surface area contributed by atoms with Crippen LogP contribution in [0.5, 0.6) is 0 Å². The average molecular weight is 478 g/mol. The quantitative estimate of drug-likeness (QED) is 0.339. The normalized spacial score (nSPS) is 18.8. The number of allylic oxidation sites excluding steroid dienone is 2. The maximum absolute atomic E-state index is 14.0. The summed E-state index contributed by atoms with van der Waals surface area (Å²) in [6, 6.07) is 3.49. The number of nitrogens with zero attached hydrogens (tertiary/aromatic N) is 6. The van der Waals surface area contributed by atoms with Gasteiger partial charge >= 0.3 is 6.18 Å². The van der Waals surface area contributed by atoms with Gasteiger partial charge in [-0.05, 0) is 44.0 Å². The Balaban J connectivity index is 1.87. The number of hydrogen-bond donors (Lipinski definition) is 0. The number of rotatable bonds is 7. The number of amidine groups is 1. The number of likely N-dealkylation sites (tertiary alicyclic amines) is 1. The van der Waals surface area contributed by atoms with Crippen molar-refractivity contribution in [2.45, 2.75) is 33.0 Å². The summed E-state index contributed by atoms with van der Waals surface area (Å²) in [6.07, 6.45) is 1.34. The van der Waals surface area contributed by atoms with Crippen molar-refractivity contribution in [2.24, 2.45) is 10.9 Å². The lowest BCUT2D eigenvalue weighted by Crippen LogP contribution is -2.61. The summed E-state index contributed by atoms with van der Waals surface area (Å²) in [5, 5.41) is 8.06. The van der Waals surface area contributed by atoms with E-state index in [2.05, 4.69) is 21.8 Å². The van der Waals surface area contributed by atoms with Crippen LogP contribution >= 0.6 is 0 Å². The molecule has 34 heavy (non-hydrogen) atoms. The van der Waals surface area contributed by atoms with Gasteiger partial charge in [0.25, 0.3) is 5.91 Å². The molecule has 1 aliphatic heterocycles. The topological polar surface area (TPSA) is 66.6 Å². The largest absolute Gasteiger partial charge is 0.432 e. The van der Waals surface area contributed by atoms with Crippen LogP contribution in [0.2, 0.25) is 0 Å². The van der Waals surface area contributed by atoms with Crippen LogP contribution in [0.4, 0.5) is 17.6 Å². The van der Waals surface area contributed by atoms with Gasteiger partial charge in [0.05, 0.1) is 29.7 Å². The molecule has 0 saturated carbocycles. The van der Waals surface area contributed by atoms with Gasteiger partial charge < -0.3 is 9.80 Å². The van der Waals surface area contributed by atoms with E-state index in [9.17, 15) is 22.4 Å². The zero-order valence-electron chi connectivity index (χ0n) is 19.1. The number of likely N-dealkylation sites (N-methyl/N-ethyl adjacent to an activating group) is 1. The third-order valence-electron chi connectivity index (χ3n) is 5.63. The fourth-order valence-electron chi connectivity index (χ4n) is 3.77. The first kappa shape index (κ1) is 25.1. The van der Waals surface area contributed by atoms with Crippen molar-refractivity contribution >= 4 is 11.7 Å². The molecule has 11 heteroatoms. The Kier molecular flexibility index (Phi) is 7.53. The van der Waals surface area contributed by atoms with Gasteiger partial charge in [-0.1, -0.05) is 19.6 Å². The third kappa shape index (κ3) is 5.35. The number of hydrogen-bond acceptors (Lipinski definition) is 4. The van der Waals surface area contributed by atoms with Gasteiger partial charge in [0.1, 0.15) is 17.3 Å². The molecule has 1 saturated heterocycles. The molecule has 1 aromatic heterocycles. The highest BCUT2D eigenvalue weighted by atomic mass is 19.4. The second-order valence-electron chi connectivity index (χ2n) is 7.94. The van der Waals surface area contributed by atoms with E-state index in [0.717, 1.165) is 6.07 Å². The van der Waals surface area contributed by atoms with Crippen LogP contribution in [-0.4, -0.2) is 68.4 Å². The van der Waals surface area contributed by atoms with E-state index >= 15 is 0 Å².